The summed E-state index contributed by atoms with van der Waals surface area (Å²) in [5, 5.41) is 9.41. The Morgan fingerprint density at radius 3 is 1.96 bits per heavy atom. The Morgan fingerprint density at radius 2 is 1.40 bits per heavy atom. The van der Waals surface area contributed by atoms with Crippen LogP contribution in [0.4, 0.5) is 0 Å². The molecule has 3 heterocycles. The summed E-state index contributed by atoms with van der Waals surface area (Å²) >= 11 is 0. The van der Waals surface area contributed by atoms with Gasteiger partial charge < -0.3 is 19.6 Å². The summed E-state index contributed by atoms with van der Waals surface area (Å²) in [4.78, 5) is 13.1. The molecule has 0 unspecified atom stereocenters. The van der Waals surface area contributed by atoms with Gasteiger partial charge in [-0.2, -0.15) is 0 Å². The van der Waals surface area contributed by atoms with Crippen molar-refractivity contribution < 1.29 is 0 Å². The van der Waals surface area contributed by atoms with Gasteiger partial charge in [-0.1, -0.05) is 0 Å². The molecule has 0 aromatic heterocycles. The standard InChI is InChI=1S/C19H30N6/c1-21-18(17-20)19-24(12-6-11-22-7-2-3-8-22)15-16-25(19)14-13-23-9-4-5-10-23/h2-16H2/b19-18+. The first kappa shape index (κ1) is 18.0. The van der Waals surface area contributed by atoms with E-state index < -0.39 is 0 Å². The Morgan fingerprint density at radius 1 is 0.840 bits per heavy atom. The lowest BCUT2D eigenvalue weighted by Crippen LogP contribution is -2.33. The molecule has 6 nitrogen and oxygen atoms in total. The van der Waals surface area contributed by atoms with Crippen molar-refractivity contribution in [3.63, 3.8) is 0 Å². The van der Waals surface area contributed by atoms with Gasteiger partial charge in [0.15, 0.2) is 0 Å². The maximum Gasteiger partial charge on any atom is 0.300 e. The van der Waals surface area contributed by atoms with Crippen LogP contribution in [0.5, 0.6) is 0 Å². The van der Waals surface area contributed by atoms with Crippen LogP contribution >= 0.6 is 0 Å². The lowest BCUT2D eigenvalue weighted by Gasteiger charge is -2.27. The number of rotatable bonds is 7. The van der Waals surface area contributed by atoms with E-state index in [0.717, 1.165) is 51.5 Å². The van der Waals surface area contributed by atoms with E-state index in [1.807, 2.05) is 0 Å². The second-order valence-corrected chi connectivity index (χ2v) is 7.32. The van der Waals surface area contributed by atoms with Gasteiger partial charge in [-0.05, 0) is 64.8 Å². The van der Waals surface area contributed by atoms with E-state index in [1.54, 1.807) is 0 Å². The molecule has 0 aliphatic carbocycles. The van der Waals surface area contributed by atoms with Crippen molar-refractivity contribution >= 4 is 0 Å². The van der Waals surface area contributed by atoms with Crippen LogP contribution in [-0.4, -0.2) is 85.0 Å². The third-order valence-electron chi connectivity index (χ3n) is 5.65. The summed E-state index contributed by atoms with van der Waals surface area (Å²) in [6.45, 7) is 18.2. The van der Waals surface area contributed by atoms with Crippen molar-refractivity contribution in [2.75, 3.05) is 65.4 Å². The summed E-state index contributed by atoms with van der Waals surface area (Å²) in [5.74, 6) is 0.887. The first-order chi connectivity index (χ1) is 12.3. The van der Waals surface area contributed by atoms with E-state index in [9.17, 15) is 5.26 Å². The predicted octanol–water partition coefficient (Wildman–Crippen LogP) is 1.80. The Hall–Kier alpha value is -1.76. The fourth-order valence-electron chi connectivity index (χ4n) is 4.27. The fraction of sp³-hybridized carbons (Fsp3) is 0.789. The van der Waals surface area contributed by atoms with E-state index in [0.29, 0.717) is 0 Å². The second-order valence-electron chi connectivity index (χ2n) is 7.32. The zero-order chi connectivity index (χ0) is 17.5. The lowest BCUT2D eigenvalue weighted by atomic mass is 10.3. The molecule has 0 saturated carbocycles. The van der Waals surface area contributed by atoms with Gasteiger partial charge in [-0.3, -0.25) is 0 Å². The highest BCUT2D eigenvalue weighted by atomic mass is 15.4. The van der Waals surface area contributed by atoms with E-state index in [1.165, 1.54) is 51.9 Å². The molecule has 3 saturated heterocycles. The summed E-state index contributed by atoms with van der Waals surface area (Å²) in [5.41, 5.74) is 0.264. The smallest absolute Gasteiger partial charge is 0.300 e. The molecule has 25 heavy (non-hydrogen) atoms. The van der Waals surface area contributed by atoms with Crippen molar-refractivity contribution in [1.82, 2.24) is 19.6 Å². The molecular weight excluding hydrogens is 312 g/mol. The second kappa shape index (κ2) is 9.08. The van der Waals surface area contributed by atoms with Crippen LogP contribution < -0.4 is 0 Å². The molecule has 0 spiro atoms. The molecule has 3 rings (SSSR count). The highest BCUT2D eigenvalue weighted by molar-refractivity contribution is 5.33. The van der Waals surface area contributed by atoms with Gasteiger partial charge in [-0.25, -0.2) is 10.1 Å². The zero-order valence-electron chi connectivity index (χ0n) is 15.3. The molecule has 6 heteroatoms. The van der Waals surface area contributed by atoms with Crippen molar-refractivity contribution in [2.24, 2.45) is 0 Å². The topological polar surface area (TPSA) is 41.1 Å². The number of nitriles is 1. The maximum absolute atomic E-state index is 9.41. The minimum atomic E-state index is 0.264. The fourth-order valence-corrected chi connectivity index (χ4v) is 4.27. The van der Waals surface area contributed by atoms with Crippen LogP contribution in [0.1, 0.15) is 32.1 Å². The van der Waals surface area contributed by atoms with Gasteiger partial charge in [0.05, 0.1) is 12.6 Å². The Labute approximate surface area is 152 Å². The van der Waals surface area contributed by atoms with Gasteiger partial charge in [0.25, 0.3) is 0 Å². The predicted molar refractivity (Wildman–Crippen MR) is 98.4 cm³/mol. The molecule has 3 aliphatic heterocycles. The average molecular weight is 342 g/mol. The molecule has 0 atom stereocenters. The minimum Gasteiger partial charge on any atom is -0.365 e. The minimum absolute atomic E-state index is 0.264. The third-order valence-corrected chi connectivity index (χ3v) is 5.65. The average Bonchev–Trinajstić information content (AvgIpc) is 3.37. The largest absolute Gasteiger partial charge is 0.365 e. The molecule has 0 N–H and O–H groups in total. The van der Waals surface area contributed by atoms with Crippen molar-refractivity contribution in [3.05, 3.63) is 22.9 Å². The maximum atomic E-state index is 9.41. The quantitative estimate of drug-likeness (QED) is 0.521. The monoisotopic (exact) mass is 342 g/mol. The Balaban J connectivity index is 1.56. The number of hydrogen-bond acceptors (Lipinski definition) is 5. The summed E-state index contributed by atoms with van der Waals surface area (Å²) < 4.78 is 0. The molecule has 0 radical (unpaired) electrons. The van der Waals surface area contributed by atoms with E-state index >= 15 is 0 Å². The van der Waals surface area contributed by atoms with Crippen LogP contribution in [0.25, 0.3) is 4.85 Å². The molecule has 3 fully saturated rings. The molecular formula is C19H30N6. The highest BCUT2D eigenvalue weighted by Gasteiger charge is 2.28. The van der Waals surface area contributed by atoms with Crippen molar-refractivity contribution in [1.29, 1.82) is 5.26 Å². The van der Waals surface area contributed by atoms with Gasteiger partial charge in [0.2, 0.25) is 0 Å². The SMILES string of the molecule is [C-]#[N+]/C(C#N)=C1\N(CCCN2CCCC2)CCN1CCN1CCCC1. The third kappa shape index (κ3) is 4.66. The first-order valence-electron chi connectivity index (χ1n) is 9.78. The van der Waals surface area contributed by atoms with Crippen LogP contribution in [0.2, 0.25) is 0 Å². The molecule has 3 aliphatic rings. The summed E-state index contributed by atoms with van der Waals surface area (Å²) in [7, 11) is 0. The van der Waals surface area contributed by atoms with Crippen LogP contribution in [0, 0.1) is 17.9 Å². The van der Waals surface area contributed by atoms with Gasteiger partial charge in [0.1, 0.15) is 5.82 Å². The van der Waals surface area contributed by atoms with Crippen molar-refractivity contribution in [2.45, 2.75) is 32.1 Å². The normalized spacial score (nSPS) is 23.9. The summed E-state index contributed by atoms with van der Waals surface area (Å²) in [6.07, 6.45) is 6.37. The van der Waals surface area contributed by atoms with Gasteiger partial charge in [-0.15, -0.1) is 0 Å². The van der Waals surface area contributed by atoms with Crippen molar-refractivity contribution in [3.8, 4) is 6.07 Å². The van der Waals surface area contributed by atoms with E-state index in [4.69, 9.17) is 6.57 Å². The van der Waals surface area contributed by atoms with Gasteiger partial charge in [0, 0.05) is 32.7 Å². The molecule has 136 valence electrons. The zero-order valence-corrected chi connectivity index (χ0v) is 15.3. The van der Waals surface area contributed by atoms with Crippen LogP contribution in [0.3, 0.4) is 0 Å². The van der Waals surface area contributed by atoms with Crippen LogP contribution in [0.15, 0.2) is 11.5 Å². The Kier molecular flexibility index (Phi) is 6.55. The lowest BCUT2D eigenvalue weighted by molar-refractivity contribution is 0.260. The molecule has 0 bridgehead atoms. The number of allylic oxidation sites excluding steroid dienone is 1. The Bertz CT molecular complexity index is 529. The molecule has 0 aromatic carbocycles. The van der Waals surface area contributed by atoms with E-state index in [-0.39, 0.29) is 5.70 Å². The summed E-state index contributed by atoms with van der Waals surface area (Å²) in [6, 6.07) is 2.13. The number of likely N-dealkylation sites (tertiary alicyclic amines) is 2. The molecule has 0 amide bonds. The number of hydrogen-bond donors (Lipinski definition) is 0. The van der Waals surface area contributed by atoms with Gasteiger partial charge >= 0.3 is 5.70 Å². The van der Waals surface area contributed by atoms with Crippen LogP contribution in [-0.2, 0) is 0 Å². The molecule has 0 aromatic rings. The highest BCUT2D eigenvalue weighted by Crippen LogP contribution is 2.23. The number of nitrogens with zero attached hydrogens (tertiary/aromatic N) is 6. The van der Waals surface area contributed by atoms with E-state index in [2.05, 4.69) is 30.5 Å². The first-order valence-corrected chi connectivity index (χ1v) is 9.78.